The third kappa shape index (κ3) is 5.11. The highest BCUT2D eigenvalue weighted by atomic mass is 16.5. The van der Waals surface area contributed by atoms with Gasteiger partial charge in [0.25, 0.3) is 5.91 Å². The molecule has 0 aliphatic heterocycles. The molecular formula is C19H27NO5. The van der Waals surface area contributed by atoms with Gasteiger partial charge in [0.2, 0.25) is 0 Å². The highest BCUT2D eigenvalue weighted by Gasteiger charge is 2.30. The van der Waals surface area contributed by atoms with Gasteiger partial charge in [-0.1, -0.05) is 19.3 Å². The summed E-state index contributed by atoms with van der Waals surface area (Å²) in [6.07, 6.45) is 4.13. The van der Waals surface area contributed by atoms with E-state index in [1.165, 1.54) is 0 Å². The molecule has 138 valence electrons. The molecular weight excluding hydrogens is 322 g/mol. The Morgan fingerprint density at radius 1 is 1.08 bits per heavy atom. The molecule has 0 spiro atoms. The molecule has 2 rings (SSSR count). The topological polar surface area (TPSA) is 84.9 Å². The minimum Gasteiger partial charge on any atom is -0.490 e. The van der Waals surface area contributed by atoms with E-state index in [2.05, 4.69) is 5.32 Å². The Balaban J connectivity index is 2.15. The largest absolute Gasteiger partial charge is 0.490 e. The molecule has 1 aromatic carbocycles. The first kappa shape index (κ1) is 19.1. The van der Waals surface area contributed by atoms with Crippen LogP contribution in [0.4, 0.5) is 0 Å². The molecule has 0 heterocycles. The van der Waals surface area contributed by atoms with Crippen molar-refractivity contribution in [3.8, 4) is 11.5 Å². The summed E-state index contributed by atoms with van der Waals surface area (Å²) in [4.78, 5) is 24.1. The van der Waals surface area contributed by atoms with E-state index in [0.717, 1.165) is 19.3 Å². The van der Waals surface area contributed by atoms with Crippen LogP contribution in [0.2, 0.25) is 0 Å². The lowest BCUT2D eigenvalue weighted by molar-refractivity contribution is -0.142. The van der Waals surface area contributed by atoms with Crippen LogP contribution in [0.5, 0.6) is 11.5 Å². The molecule has 6 heteroatoms. The van der Waals surface area contributed by atoms with Gasteiger partial charge >= 0.3 is 5.97 Å². The van der Waals surface area contributed by atoms with Crippen LogP contribution in [-0.4, -0.2) is 36.2 Å². The van der Waals surface area contributed by atoms with Crippen LogP contribution < -0.4 is 14.8 Å². The van der Waals surface area contributed by atoms with Gasteiger partial charge < -0.3 is 19.9 Å². The van der Waals surface area contributed by atoms with E-state index in [1.54, 1.807) is 18.2 Å². The Hall–Kier alpha value is -2.24. The zero-order valence-corrected chi connectivity index (χ0v) is 14.9. The van der Waals surface area contributed by atoms with Gasteiger partial charge in [-0.2, -0.15) is 0 Å². The standard InChI is InChI=1S/C19H27NO5/c1-3-24-16-11-10-13(12-17(16)25-4-2)18(21)20-15-9-7-5-6-8-14(15)19(22)23/h10-12,14-15H,3-9H2,1-2H3,(H,20,21)(H,22,23)/t14-,15+/m1/s1. The molecule has 1 aliphatic rings. The van der Waals surface area contributed by atoms with Crippen LogP contribution >= 0.6 is 0 Å². The van der Waals surface area contributed by atoms with Crippen molar-refractivity contribution in [3.05, 3.63) is 23.8 Å². The summed E-state index contributed by atoms with van der Waals surface area (Å²) in [6, 6.07) is 4.70. The van der Waals surface area contributed by atoms with Crippen LogP contribution in [0.3, 0.4) is 0 Å². The summed E-state index contributed by atoms with van der Waals surface area (Å²) in [5, 5.41) is 12.4. The second-order valence-electron chi connectivity index (χ2n) is 6.19. The zero-order chi connectivity index (χ0) is 18.2. The number of ether oxygens (including phenoxy) is 2. The van der Waals surface area contributed by atoms with E-state index in [0.29, 0.717) is 43.1 Å². The SMILES string of the molecule is CCOc1ccc(C(=O)N[C@H]2CCCCC[C@H]2C(=O)O)cc1OCC. The summed E-state index contributed by atoms with van der Waals surface area (Å²) >= 11 is 0. The number of carbonyl (C=O) groups excluding carboxylic acids is 1. The number of rotatable bonds is 7. The Kier molecular flexibility index (Phi) is 7.10. The first-order chi connectivity index (χ1) is 12.1. The van der Waals surface area contributed by atoms with E-state index < -0.39 is 11.9 Å². The lowest BCUT2D eigenvalue weighted by Crippen LogP contribution is -2.42. The lowest BCUT2D eigenvalue weighted by atomic mass is 9.94. The average molecular weight is 349 g/mol. The average Bonchev–Trinajstić information content (AvgIpc) is 2.82. The Morgan fingerprint density at radius 2 is 1.76 bits per heavy atom. The number of amides is 1. The second kappa shape index (κ2) is 9.30. The number of nitrogens with one attached hydrogen (secondary N) is 1. The highest BCUT2D eigenvalue weighted by Crippen LogP contribution is 2.29. The number of hydrogen-bond donors (Lipinski definition) is 2. The van der Waals surface area contributed by atoms with Gasteiger partial charge in [0.05, 0.1) is 19.1 Å². The number of carbonyl (C=O) groups is 2. The smallest absolute Gasteiger partial charge is 0.308 e. The van der Waals surface area contributed by atoms with Gasteiger partial charge in [0.1, 0.15) is 0 Å². The number of benzene rings is 1. The lowest BCUT2D eigenvalue weighted by Gasteiger charge is -2.23. The quantitative estimate of drug-likeness (QED) is 0.738. The van der Waals surface area contributed by atoms with Crippen LogP contribution in [0.1, 0.15) is 56.3 Å². The molecule has 2 atom stereocenters. The molecule has 1 aromatic rings. The number of hydrogen-bond acceptors (Lipinski definition) is 4. The highest BCUT2D eigenvalue weighted by molar-refractivity contribution is 5.95. The first-order valence-corrected chi connectivity index (χ1v) is 9.00. The Labute approximate surface area is 148 Å². The molecule has 6 nitrogen and oxygen atoms in total. The number of carboxylic acids is 1. The fourth-order valence-corrected chi connectivity index (χ4v) is 3.22. The Morgan fingerprint density at radius 3 is 2.44 bits per heavy atom. The van der Waals surface area contributed by atoms with Crippen molar-refractivity contribution >= 4 is 11.9 Å². The minimum absolute atomic E-state index is 0.276. The van der Waals surface area contributed by atoms with Crippen molar-refractivity contribution in [1.29, 1.82) is 0 Å². The third-order valence-corrected chi connectivity index (χ3v) is 4.46. The van der Waals surface area contributed by atoms with Gasteiger partial charge in [-0.3, -0.25) is 9.59 Å². The maximum absolute atomic E-state index is 12.6. The number of carboxylic acid groups (broad SMARTS) is 1. The van der Waals surface area contributed by atoms with Crippen LogP contribution in [0.25, 0.3) is 0 Å². The summed E-state index contributed by atoms with van der Waals surface area (Å²) < 4.78 is 11.1. The molecule has 1 fully saturated rings. The predicted octanol–water partition coefficient (Wildman–Crippen LogP) is 3.25. The van der Waals surface area contributed by atoms with Crippen molar-refractivity contribution in [1.82, 2.24) is 5.32 Å². The summed E-state index contributed by atoms with van der Waals surface area (Å²) in [5.74, 6) is -0.525. The summed E-state index contributed by atoms with van der Waals surface area (Å²) in [7, 11) is 0. The predicted molar refractivity (Wildman–Crippen MR) is 94.2 cm³/mol. The minimum atomic E-state index is -0.839. The maximum atomic E-state index is 12.6. The van der Waals surface area contributed by atoms with Crippen LogP contribution in [0.15, 0.2) is 18.2 Å². The van der Waals surface area contributed by atoms with Crippen molar-refractivity contribution in [3.63, 3.8) is 0 Å². The van der Waals surface area contributed by atoms with E-state index >= 15 is 0 Å². The normalized spacial score (nSPS) is 20.4. The maximum Gasteiger partial charge on any atom is 0.308 e. The van der Waals surface area contributed by atoms with Crippen LogP contribution in [0, 0.1) is 5.92 Å². The molecule has 0 unspecified atom stereocenters. The van der Waals surface area contributed by atoms with E-state index in [1.807, 2.05) is 13.8 Å². The second-order valence-corrected chi connectivity index (χ2v) is 6.19. The fraction of sp³-hybridized carbons (Fsp3) is 0.579. The zero-order valence-electron chi connectivity index (χ0n) is 14.9. The molecule has 1 aliphatic carbocycles. The molecule has 0 aromatic heterocycles. The van der Waals surface area contributed by atoms with Crippen molar-refractivity contribution in [2.24, 2.45) is 5.92 Å². The van der Waals surface area contributed by atoms with Gasteiger partial charge in [-0.05, 0) is 44.9 Å². The molecule has 0 bridgehead atoms. The third-order valence-electron chi connectivity index (χ3n) is 4.46. The van der Waals surface area contributed by atoms with Crippen molar-refractivity contribution in [2.75, 3.05) is 13.2 Å². The van der Waals surface area contributed by atoms with Gasteiger partial charge in [-0.25, -0.2) is 0 Å². The van der Waals surface area contributed by atoms with Crippen molar-refractivity contribution < 1.29 is 24.2 Å². The van der Waals surface area contributed by atoms with E-state index in [4.69, 9.17) is 9.47 Å². The molecule has 1 saturated carbocycles. The summed E-state index contributed by atoms with van der Waals surface area (Å²) in [5.41, 5.74) is 0.445. The molecule has 0 radical (unpaired) electrons. The van der Waals surface area contributed by atoms with E-state index in [9.17, 15) is 14.7 Å². The fourth-order valence-electron chi connectivity index (χ4n) is 3.22. The molecule has 1 amide bonds. The molecule has 25 heavy (non-hydrogen) atoms. The van der Waals surface area contributed by atoms with Gasteiger partial charge in [0.15, 0.2) is 11.5 Å². The molecule has 0 saturated heterocycles. The van der Waals surface area contributed by atoms with Crippen LogP contribution in [-0.2, 0) is 4.79 Å². The van der Waals surface area contributed by atoms with Gasteiger partial charge in [0, 0.05) is 11.6 Å². The summed E-state index contributed by atoms with van der Waals surface area (Å²) in [6.45, 7) is 4.72. The monoisotopic (exact) mass is 349 g/mol. The Bertz CT molecular complexity index is 601. The van der Waals surface area contributed by atoms with Gasteiger partial charge in [-0.15, -0.1) is 0 Å². The van der Waals surface area contributed by atoms with Crippen molar-refractivity contribution in [2.45, 2.75) is 52.0 Å². The van der Waals surface area contributed by atoms with E-state index in [-0.39, 0.29) is 11.9 Å². The first-order valence-electron chi connectivity index (χ1n) is 9.00. The number of aliphatic carboxylic acids is 1. The molecule has 2 N–H and O–H groups in total.